The third-order valence-electron chi connectivity index (χ3n) is 2.92. The van der Waals surface area contributed by atoms with Crippen molar-refractivity contribution in [2.75, 3.05) is 0 Å². The molecule has 0 spiro atoms. The van der Waals surface area contributed by atoms with E-state index < -0.39 is 0 Å². The Balaban J connectivity index is 2.49. The van der Waals surface area contributed by atoms with Crippen molar-refractivity contribution in [2.24, 2.45) is 0 Å². The second kappa shape index (κ2) is 6.66. The van der Waals surface area contributed by atoms with Crippen molar-refractivity contribution in [3.8, 4) is 0 Å². The Bertz CT molecular complexity index is 286. The molecule has 0 unspecified atom stereocenters. The van der Waals surface area contributed by atoms with Gasteiger partial charge in [0.05, 0.1) is 0 Å². The molecule has 0 atom stereocenters. The van der Waals surface area contributed by atoms with E-state index in [1.807, 2.05) is 0 Å². The number of hydrogen-bond acceptors (Lipinski definition) is 0. The second-order valence-electron chi connectivity index (χ2n) is 4.49. The van der Waals surface area contributed by atoms with E-state index in [0.717, 1.165) is 6.42 Å². The first-order valence-corrected chi connectivity index (χ1v) is 6.35. The van der Waals surface area contributed by atoms with E-state index in [2.05, 4.69) is 39.0 Å². The van der Waals surface area contributed by atoms with Crippen LogP contribution in [0.3, 0.4) is 0 Å². The highest BCUT2D eigenvalue weighted by Gasteiger charge is 1.97. The molecule has 0 saturated heterocycles. The van der Waals surface area contributed by atoms with Crippen LogP contribution in [0.1, 0.15) is 56.2 Å². The maximum Gasteiger partial charge on any atom is -0.0279 e. The second-order valence-corrected chi connectivity index (χ2v) is 4.49. The average molecular weight is 204 g/mol. The molecule has 0 aromatic heterocycles. The Morgan fingerprint density at radius 1 is 0.867 bits per heavy atom. The summed E-state index contributed by atoms with van der Waals surface area (Å²) in [5, 5.41) is 0. The maximum absolute atomic E-state index is 2.37. The Kier molecular flexibility index (Phi) is 5.45. The Hall–Kier alpha value is -0.780. The van der Waals surface area contributed by atoms with Crippen molar-refractivity contribution >= 4 is 0 Å². The van der Waals surface area contributed by atoms with Gasteiger partial charge >= 0.3 is 0 Å². The van der Waals surface area contributed by atoms with Crippen LogP contribution in [-0.4, -0.2) is 0 Å². The predicted octanol–water partition coefficient (Wildman–Crippen LogP) is 4.68. The molecule has 1 rings (SSSR count). The van der Waals surface area contributed by atoms with Crippen LogP contribution < -0.4 is 0 Å². The molecule has 0 bridgehead atoms. The van der Waals surface area contributed by atoms with Crippen LogP contribution in [0, 0.1) is 6.92 Å². The van der Waals surface area contributed by atoms with Crippen LogP contribution in [0.4, 0.5) is 0 Å². The van der Waals surface area contributed by atoms with Crippen molar-refractivity contribution in [2.45, 2.75) is 59.3 Å². The van der Waals surface area contributed by atoms with Gasteiger partial charge in [0.2, 0.25) is 0 Å². The van der Waals surface area contributed by atoms with Gasteiger partial charge in [-0.05, 0) is 37.3 Å². The first-order chi connectivity index (χ1) is 7.26. The topological polar surface area (TPSA) is 0 Å². The van der Waals surface area contributed by atoms with Gasteiger partial charge in [-0.1, -0.05) is 56.9 Å². The molecule has 0 aliphatic carbocycles. The number of unbranched alkanes of at least 4 members (excludes halogenated alkanes) is 3. The molecule has 0 aliphatic rings. The predicted molar refractivity (Wildman–Crippen MR) is 68.4 cm³/mol. The summed E-state index contributed by atoms with van der Waals surface area (Å²) in [6, 6.07) is 7.01. The number of benzene rings is 1. The van der Waals surface area contributed by atoms with Gasteiger partial charge in [-0.2, -0.15) is 0 Å². The van der Waals surface area contributed by atoms with Crippen molar-refractivity contribution in [3.05, 3.63) is 34.9 Å². The molecule has 0 saturated carbocycles. The van der Waals surface area contributed by atoms with E-state index >= 15 is 0 Å². The van der Waals surface area contributed by atoms with Crippen LogP contribution in [0.2, 0.25) is 0 Å². The summed E-state index contributed by atoms with van der Waals surface area (Å²) in [6.07, 6.45) is 7.85. The summed E-state index contributed by atoms with van der Waals surface area (Å²) >= 11 is 0. The number of rotatable bonds is 6. The fraction of sp³-hybridized carbons (Fsp3) is 0.600. The van der Waals surface area contributed by atoms with Crippen LogP contribution in [0.5, 0.6) is 0 Å². The standard InChI is InChI=1S/C15H24/c1-4-6-7-8-9-15-11-13(3)10-14(5-2)12-15/h10-12H,4-9H2,1-3H3. The lowest BCUT2D eigenvalue weighted by atomic mass is 10.0. The quantitative estimate of drug-likeness (QED) is 0.590. The smallest absolute Gasteiger partial charge is 0.0279 e. The van der Waals surface area contributed by atoms with E-state index in [0.29, 0.717) is 0 Å². The molecule has 0 nitrogen and oxygen atoms in total. The highest BCUT2D eigenvalue weighted by atomic mass is 14.0. The molecular weight excluding hydrogens is 180 g/mol. The van der Waals surface area contributed by atoms with Crippen molar-refractivity contribution in [3.63, 3.8) is 0 Å². The minimum atomic E-state index is 1.16. The average Bonchev–Trinajstić information content (AvgIpc) is 2.23. The summed E-state index contributed by atoms with van der Waals surface area (Å²) in [5.41, 5.74) is 4.43. The zero-order valence-corrected chi connectivity index (χ0v) is 10.5. The molecule has 84 valence electrons. The van der Waals surface area contributed by atoms with Crippen LogP contribution in [0.15, 0.2) is 18.2 Å². The third-order valence-corrected chi connectivity index (χ3v) is 2.92. The minimum Gasteiger partial charge on any atom is -0.0654 e. The fourth-order valence-electron chi connectivity index (χ4n) is 2.05. The van der Waals surface area contributed by atoms with Gasteiger partial charge in [-0.3, -0.25) is 0 Å². The highest BCUT2D eigenvalue weighted by Crippen LogP contribution is 2.13. The Labute approximate surface area is 94.7 Å². The van der Waals surface area contributed by atoms with Gasteiger partial charge in [-0.15, -0.1) is 0 Å². The largest absolute Gasteiger partial charge is 0.0654 e. The van der Waals surface area contributed by atoms with Gasteiger partial charge < -0.3 is 0 Å². The highest BCUT2D eigenvalue weighted by molar-refractivity contribution is 5.29. The zero-order chi connectivity index (χ0) is 11.1. The normalized spacial score (nSPS) is 10.6. The number of hydrogen-bond donors (Lipinski definition) is 0. The lowest BCUT2D eigenvalue weighted by Gasteiger charge is -2.06. The molecule has 1 aromatic rings. The Morgan fingerprint density at radius 3 is 2.27 bits per heavy atom. The number of aryl methyl sites for hydroxylation is 3. The maximum atomic E-state index is 2.37. The molecule has 0 heteroatoms. The van der Waals surface area contributed by atoms with Gasteiger partial charge in [0.25, 0.3) is 0 Å². The first kappa shape index (κ1) is 12.3. The van der Waals surface area contributed by atoms with Crippen molar-refractivity contribution < 1.29 is 0 Å². The molecule has 0 N–H and O–H groups in total. The fourth-order valence-corrected chi connectivity index (χ4v) is 2.05. The zero-order valence-electron chi connectivity index (χ0n) is 10.5. The molecule has 0 amide bonds. The van der Waals surface area contributed by atoms with Gasteiger partial charge in [-0.25, -0.2) is 0 Å². The van der Waals surface area contributed by atoms with Crippen LogP contribution in [-0.2, 0) is 12.8 Å². The summed E-state index contributed by atoms with van der Waals surface area (Å²) < 4.78 is 0. The van der Waals surface area contributed by atoms with E-state index in [4.69, 9.17) is 0 Å². The summed E-state index contributed by atoms with van der Waals surface area (Å²) in [7, 11) is 0. The molecule has 0 aliphatic heterocycles. The summed E-state index contributed by atoms with van der Waals surface area (Å²) in [4.78, 5) is 0. The van der Waals surface area contributed by atoms with Gasteiger partial charge in [0.1, 0.15) is 0 Å². The molecule has 1 aromatic carbocycles. The molecule has 0 radical (unpaired) electrons. The molecule has 0 fully saturated rings. The molecule has 0 heterocycles. The van der Waals surface area contributed by atoms with E-state index in [1.54, 1.807) is 0 Å². The van der Waals surface area contributed by atoms with Gasteiger partial charge in [0, 0.05) is 0 Å². The summed E-state index contributed by atoms with van der Waals surface area (Å²) in [6.45, 7) is 6.70. The van der Waals surface area contributed by atoms with E-state index in [1.165, 1.54) is 48.8 Å². The molecular formula is C15H24. The SMILES string of the molecule is CCCCCCc1cc(C)cc(CC)c1. The lowest BCUT2D eigenvalue weighted by molar-refractivity contribution is 0.666. The van der Waals surface area contributed by atoms with Crippen LogP contribution >= 0.6 is 0 Å². The molecule has 15 heavy (non-hydrogen) atoms. The summed E-state index contributed by atoms with van der Waals surface area (Å²) in [5.74, 6) is 0. The third kappa shape index (κ3) is 4.51. The van der Waals surface area contributed by atoms with E-state index in [9.17, 15) is 0 Å². The lowest BCUT2D eigenvalue weighted by Crippen LogP contribution is -1.90. The van der Waals surface area contributed by atoms with Crippen LogP contribution in [0.25, 0.3) is 0 Å². The minimum absolute atomic E-state index is 1.16. The van der Waals surface area contributed by atoms with Crippen molar-refractivity contribution in [1.82, 2.24) is 0 Å². The van der Waals surface area contributed by atoms with E-state index in [-0.39, 0.29) is 0 Å². The van der Waals surface area contributed by atoms with Gasteiger partial charge in [0.15, 0.2) is 0 Å². The monoisotopic (exact) mass is 204 g/mol. The first-order valence-electron chi connectivity index (χ1n) is 6.35. The van der Waals surface area contributed by atoms with Crippen molar-refractivity contribution in [1.29, 1.82) is 0 Å². The Morgan fingerprint density at radius 2 is 1.60 bits per heavy atom.